The third-order valence-electron chi connectivity index (χ3n) is 9.08. The molecular formula is C51H50N6O5RuS2. The van der Waals surface area contributed by atoms with Gasteiger partial charge in [0.2, 0.25) is 0 Å². The number of isothiocyanates is 1. The molecule has 0 amide bonds. The van der Waals surface area contributed by atoms with Crippen molar-refractivity contribution in [2.24, 2.45) is 0 Å². The molecule has 0 saturated heterocycles. The molecule has 0 N–H and O–H groups in total. The van der Waals surface area contributed by atoms with Crippen LogP contribution in [0.3, 0.4) is 0 Å². The van der Waals surface area contributed by atoms with E-state index < -0.39 is 0 Å². The number of ether oxygens (including phenoxy) is 3. The Morgan fingerprint density at radius 2 is 0.954 bits per heavy atom. The van der Waals surface area contributed by atoms with Crippen LogP contribution in [-0.4, -0.2) is 44.6 Å². The first-order valence-corrected chi connectivity index (χ1v) is 21.4. The van der Waals surface area contributed by atoms with Crippen LogP contribution in [0.25, 0.3) is 52.5 Å². The van der Waals surface area contributed by atoms with E-state index in [1.807, 2.05) is 24.5 Å². The molecule has 11 nitrogen and oxygen atoms in total. The number of aryl methyl sites for hydroxylation is 1. The Labute approximate surface area is 405 Å². The minimum Gasteiger partial charge on any atom is -0.753 e. The van der Waals surface area contributed by atoms with Gasteiger partial charge in [-0.05, 0) is 84.1 Å². The molecule has 65 heavy (non-hydrogen) atoms. The summed E-state index contributed by atoms with van der Waals surface area (Å²) in [6.07, 6.45) is 25.6. The van der Waals surface area contributed by atoms with Crippen LogP contribution in [0.15, 0.2) is 122 Å². The molecule has 0 atom stereocenters. The Kier molecular flexibility index (Phi) is 28.4. The van der Waals surface area contributed by atoms with E-state index in [1.165, 1.54) is 79.0 Å². The Morgan fingerprint density at radius 3 is 1.38 bits per heavy atom. The van der Waals surface area contributed by atoms with Crippen molar-refractivity contribution in [2.75, 3.05) is 6.61 Å². The summed E-state index contributed by atoms with van der Waals surface area (Å²) in [6.45, 7) is 5.82. The number of hydrogen-bond donors (Lipinski definition) is 0. The first kappa shape index (κ1) is 54.5. The van der Waals surface area contributed by atoms with E-state index in [2.05, 4.69) is 144 Å². The van der Waals surface area contributed by atoms with Gasteiger partial charge in [-0.15, -0.1) is 0 Å². The molecule has 0 unspecified atom stereocenters. The topological polar surface area (TPSA) is 159 Å². The second-order valence-corrected chi connectivity index (χ2v) is 14.1. The third-order valence-corrected chi connectivity index (χ3v) is 9.08. The van der Waals surface area contributed by atoms with Crippen molar-refractivity contribution in [3.63, 3.8) is 0 Å². The van der Waals surface area contributed by atoms with Gasteiger partial charge in [0.05, 0.1) is 29.4 Å². The van der Waals surface area contributed by atoms with Crippen molar-refractivity contribution in [3.05, 3.63) is 155 Å². The summed E-state index contributed by atoms with van der Waals surface area (Å²) >= 11 is 7.40. The van der Waals surface area contributed by atoms with Crippen molar-refractivity contribution < 1.29 is 43.3 Å². The maximum Gasteiger partial charge on any atom is 2.00 e. The summed E-state index contributed by atoms with van der Waals surface area (Å²) in [5.74, 6) is 1.66. The van der Waals surface area contributed by atoms with Crippen LogP contribution in [0.1, 0.15) is 86.1 Å². The Hall–Kier alpha value is -6.61. The number of nitriles is 1. The molecule has 0 fully saturated rings. The third kappa shape index (κ3) is 22.5. The molecule has 4 aromatic heterocycles. The number of hydrogen-bond acceptors (Lipinski definition) is 12. The van der Waals surface area contributed by atoms with Gasteiger partial charge in [0, 0.05) is 36.9 Å². The summed E-state index contributed by atoms with van der Waals surface area (Å²) in [5.41, 5.74) is 8.49. The predicted molar refractivity (Wildman–Crippen MR) is 261 cm³/mol. The second-order valence-electron chi connectivity index (χ2n) is 13.8. The quantitative estimate of drug-likeness (QED) is 0.0136. The van der Waals surface area contributed by atoms with E-state index >= 15 is 0 Å². The Bertz CT molecular complexity index is 2390. The van der Waals surface area contributed by atoms with Gasteiger partial charge in [-0.1, -0.05) is 136 Å². The number of unbranched alkanes of at least 4 members (excludes halogenated alkanes) is 7. The molecule has 0 spiro atoms. The van der Waals surface area contributed by atoms with Gasteiger partial charge in [0.15, 0.2) is 0 Å². The van der Waals surface area contributed by atoms with Crippen LogP contribution in [0.5, 0.6) is 17.2 Å². The van der Waals surface area contributed by atoms with E-state index in [4.69, 9.17) is 24.9 Å². The predicted octanol–water partition coefficient (Wildman–Crippen LogP) is 12.2. The van der Waals surface area contributed by atoms with Crippen LogP contribution in [-0.2, 0) is 41.7 Å². The number of thiocyanates is 1. The summed E-state index contributed by atoms with van der Waals surface area (Å²) in [5, 5.41) is 16.9. The average Bonchev–Trinajstić information content (AvgIpc) is 3.32. The molecule has 4 heterocycles. The number of pyridine rings is 4. The zero-order valence-corrected chi connectivity index (χ0v) is 39.6. The minimum atomic E-state index is 0. The fourth-order valence-corrected chi connectivity index (χ4v) is 5.91. The SMILES string of the molecule is CCCCCCCCCCOc1ccc(C=Cc2ccnc(-c3cc(C=Cc4ccc(C)cc4)ccn3)c2)cc1.N#C[S-].O=COc1ccnc(-c2cc(OC=O)ccn2)c1.[N-]=C=S.[Ru+2]. The molecule has 14 heteroatoms. The standard InChI is InChI=1S/C37H42N2O.C12H8N2O4.CHNS.CNS.Ru/c1-3-4-5-6-7-8-9-10-27-40-35-21-19-32(20-22-35)16-18-34-24-26-39-37(29-34)36-28-33(23-25-38-36)17-15-31-13-11-30(2)12-14-31;15-7-17-9-1-3-13-11(5-9)12-6-10(18-8-16)2-4-14-12;2*2-1-3;/h11-26,28-29H,3-10,27H2,1-2H3;1-8H;3H;;/q;;;-1;+2/p-1. The number of nitrogens with zero attached hydrogens (tertiary/aromatic N) is 6. The van der Waals surface area contributed by atoms with Gasteiger partial charge in [-0.2, -0.15) is 5.16 Å². The first-order valence-electron chi connectivity index (χ1n) is 20.6. The van der Waals surface area contributed by atoms with Crippen LogP contribution in [0.2, 0.25) is 0 Å². The van der Waals surface area contributed by atoms with Gasteiger partial charge in [0.1, 0.15) is 17.2 Å². The smallest absolute Gasteiger partial charge is 0.753 e. The van der Waals surface area contributed by atoms with Gasteiger partial charge in [-0.3, -0.25) is 29.5 Å². The number of carbonyl (C=O) groups excluding carboxylic acids is 2. The Balaban J connectivity index is 0.000000482. The summed E-state index contributed by atoms with van der Waals surface area (Å²) in [6, 6.07) is 31.2. The monoisotopic (exact) mass is 992 g/mol. The van der Waals surface area contributed by atoms with Crippen molar-refractivity contribution in [2.45, 2.75) is 65.2 Å². The summed E-state index contributed by atoms with van der Waals surface area (Å²) in [7, 11) is 0. The van der Waals surface area contributed by atoms with Gasteiger partial charge < -0.3 is 32.2 Å². The minimum absolute atomic E-state index is 0. The van der Waals surface area contributed by atoms with Crippen LogP contribution in [0, 0.1) is 17.6 Å². The first-order chi connectivity index (χ1) is 31.3. The number of carbonyl (C=O) groups is 2. The zero-order chi connectivity index (χ0) is 46.0. The van der Waals surface area contributed by atoms with Crippen molar-refractivity contribution >= 4 is 67.3 Å². The molecule has 2 aromatic carbocycles. The maximum atomic E-state index is 10.2. The van der Waals surface area contributed by atoms with Gasteiger partial charge in [-0.25, -0.2) is 5.26 Å². The van der Waals surface area contributed by atoms with E-state index in [1.54, 1.807) is 24.3 Å². The Morgan fingerprint density at radius 1 is 0.585 bits per heavy atom. The summed E-state index contributed by atoms with van der Waals surface area (Å²) in [4.78, 5) is 37.8. The molecule has 0 radical (unpaired) electrons. The van der Waals surface area contributed by atoms with E-state index in [0.717, 1.165) is 46.9 Å². The van der Waals surface area contributed by atoms with E-state index in [-0.39, 0.29) is 19.5 Å². The zero-order valence-electron chi connectivity index (χ0n) is 36.3. The van der Waals surface area contributed by atoms with Gasteiger partial charge in [0.25, 0.3) is 12.9 Å². The maximum absolute atomic E-state index is 10.2. The normalized spacial score (nSPS) is 9.92. The van der Waals surface area contributed by atoms with Crippen molar-refractivity contribution in [1.82, 2.24) is 19.9 Å². The molecule has 0 saturated carbocycles. The number of aromatic nitrogens is 4. The number of benzene rings is 2. The second kappa shape index (κ2) is 33.9. The van der Waals surface area contributed by atoms with E-state index in [9.17, 15) is 9.59 Å². The van der Waals surface area contributed by atoms with Gasteiger partial charge >= 0.3 is 19.5 Å². The average molecular weight is 992 g/mol. The van der Waals surface area contributed by atoms with Crippen LogP contribution < -0.4 is 14.2 Å². The molecule has 6 aromatic rings. The van der Waals surface area contributed by atoms with Crippen molar-refractivity contribution in [1.29, 1.82) is 5.26 Å². The summed E-state index contributed by atoms with van der Waals surface area (Å²) < 4.78 is 15.4. The number of thiocarbonyl (C=S) groups is 1. The van der Waals surface area contributed by atoms with Crippen LogP contribution >= 0.6 is 12.2 Å². The molecular weight excluding hydrogens is 942 g/mol. The molecule has 0 aliphatic carbocycles. The largest absolute Gasteiger partial charge is 2.00 e. The molecule has 0 aliphatic heterocycles. The molecule has 0 aliphatic rings. The van der Waals surface area contributed by atoms with Crippen molar-refractivity contribution in [3.8, 4) is 45.4 Å². The fourth-order valence-electron chi connectivity index (χ4n) is 5.91. The van der Waals surface area contributed by atoms with E-state index in [0.29, 0.717) is 35.8 Å². The van der Waals surface area contributed by atoms with Crippen LogP contribution in [0.4, 0.5) is 0 Å². The fraction of sp³-hybridized carbons (Fsp3) is 0.216. The number of rotatable bonds is 20. The molecule has 334 valence electrons. The molecule has 6 rings (SSSR count). The molecule has 0 bridgehead atoms.